The number of hydrogen-bond acceptors (Lipinski definition) is 0. The van der Waals surface area contributed by atoms with Gasteiger partial charge in [-0.2, -0.15) is 0 Å². The molecule has 4 atom stereocenters. The van der Waals surface area contributed by atoms with Crippen LogP contribution in [0.4, 0.5) is 8.78 Å². The highest BCUT2D eigenvalue weighted by atomic mass is 19.2. The van der Waals surface area contributed by atoms with E-state index in [1.165, 1.54) is 38.5 Å². The molecule has 0 heterocycles. The van der Waals surface area contributed by atoms with Crippen molar-refractivity contribution in [2.24, 2.45) is 23.7 Å². The topological polar surface area (TPSA) is 0 Å². The van der Waals surface area contributed by atoms with E-state index in [0.717, 1.165) is 38.0 Å². The molecule has 2 aliphatic carbocycles. The molecule has 2 rings (SSSR count). The lowest BCUT2D eigenvalue weighted by Crippen LogP contribution is -2.42. The minimum Gasteiger partial charge on any atom is -0.244 e. The van der Waals surface area contributed by atoms with Crippen LogP contribution in [0.15, 0.2) is 0 Å². The summed E-state index contributed by atoms with van der Waals surface area (Å²) in [6, 6.07) is 0. The Bertz CT molecular complexity index is 283. The molecular formula is C19H34F2. The molecule has 2 heteroatoms. The van der Waals surface area contributed by atoms with Crippen molar-refractivity contribution in [1.29, 1.82) is 0 Å². The van der Waals surface area contributed by atoms with Gasteiger partial charge in [0.2, 0.25) is 0 Å². The molecule has 0 spiro atoms. The van der Waals surface area contributed by atoms with Crippen LogP contribution in [0.5, 0.6) is 0 Å². The van der Waals surface area contributed by atoms with Crippen LogP contribution in [-0.4, -0.2) is 12.3 Å². The van der Waals surface area contributed by atoms with Crippen LogP contribution in [0.3, 0.4) is 0 Å². The molecule has 124 valence electrons. The Hall–Kier alpha value is -0.140. The number of halogens is 2. The average molecular weight is 300 g/mol. The van der Waals surface area contributed by atoms with Gasteiger partial charge in [0.15, 0.2) is 0 Å². The number of alkyl halides is 2. The zero-order valence-corrected chi connectivity index (χ0v) is 14.0. The van der Waals surface area contributed by atoms with Crippen molar-refractivity contribution in [1.82, 2.24) is 0 Å². The molecule has 0 aromatic rings. The molecule has 2 saturated carbocycles. The molecule has 0 amide bonds. The molecule has 0 nitrogen and oxygen atoms in total. The first-order valence-corrected chi connectivity index (χ1v) is 9.45. The summed E-state index contributed by atoms with van der Waals surface area (Å²) in [6.45, 7) is 4.24. The highest BCUT2D eigenvalue weighted by molar-refractivity contribution is 4.92. The molecule has 2 fully saturated rings. The molecule has 0 radical (unpaired) electrons. The van der Waals surface area contributed by atoms with Gasteiger partial charge < -0.3 is 0 Å². The van der Waals surface area contributed by atoms with E-state index in [4.69, 9.17) is 0 Å². The van der Waals surface area contributed by atoms with Crippen molar-refractivity contribution in [3.05, 3.63) is 0 Å². The highest BCUT2D eigenvalue weighted by Crippen LogP contribution is 2.45. The second kappa shape index (κ2) is 8.48. The number of hydrogen-bond donors (Lipinski definition) is 0. The van der Waals surface area contributed by atoms with Crippen LogP contribution in [0, 0.1) is 23.7 Å². The third-order valence-corrected chi connectivity index (χ3v) is 6.27. The largest absolute Gasteiger partial charge is 0.244 e. The Kier molecular flexibility index (Phi) is 6.95. The number of rotatable bonds is 6. The maximum Gasteiger partial charge on any atom is 0.134 e. The van der Waals surface area contributed by atoms with Crippen LogP contribution in [0.1, 0.15) is 84.5 Å². The Balaban J connectivity index is 1.77. The van der Waals surface area contributed by atoms with E-state index in [0.29, 0.717) is 5.92 Å². The summed E-state index contributed by atoms with van der Waals surface area (Å²) in [7, 11) is 0. The van der Waals surface area contributed by atoms with E-state index in [-0.39, 0.29) is 11.8 Å². The van der Waals surface area contributed by atoms with Crippen molar-refractivity contribution in [2.45, 2.75) is 96.8 Å². The molecule has 0 aromatic heterocycles. The molecule has 2 aliphatic rings. The molecule has 4 unspecified atom stereocenters. The zero-order valence-electron chi connectivity index (χ0n) is 14.0. The molecular weight excluding hydrogens is 266 g/mol. The minimum atomic E-state index is -1.20. The maximum absolute atomic E-state index is 14.4. The fraction of sp³-hybridized carbons (Fsp3) is 1.00. The van der Waals surface area contributed by atoms with E-state index in [9.17, 15) is 8.78 Å². The first-order chi connectivity index (χ1) is 10.2. The second-order valence-corrected chi connectivity index (χ2v) is 7.57. The van der Waals surface area contributed by atoms with E-state index >= 15 is 0 Å². The van der Waals surface area contributed by atoms with Gasteiger partial charge in [-0.25, -0.2) is 8.78 Å². The first kappa shape index (κ1) is 17.2. The van der Waals surface area contributed by atoms with Gasteiger partial charge >= 0.3 is 0 Å². The van der Waals surface area contributed by atoms with E-state index < -0.39 is 12.3 Å². The molecule has 0 bridgehead atoms. The summed E-state index contributed by atoms with van der Waals surface area (Å²) in [6.07, 6.45) is 10.4. The smallest absolute Gasteiger partial charge is 0.134 e. The summed E-state index contributed by atoms with van der Waals surface area (Å²) < 4.78 is 28.6. The normalized spacial score (nSPS) is 41.1. The van der Waals surface area contributed by atoms with Gasteiger partial charge in [0.25, 0.3) is 0 Å². The second-order valence-electron chi connectivity index (χ2n) is 7.57. The third kappa shape index (κ3) is 4.42. The predicted octanol–water partition coefficient (Wildman–Crippen LogP) is 6.49. The van der Waals surface area contributed by atoms with Crippen molar-refractivity contribution in [3.63, 3.8) is 0 Å². The maximum atomic E-state index is 14.4. The minimum absolute atomic E-state index is 0.0133. The summed E-state index contributed by atoms with van der Waals surface area (Å²) in [5.74, 6) is 1.30. The van der Waals surface area contributed by atoms with Gasteiger partial charge in [0.05, 0.1) is 0 Å². The van der Waals surface area contributed by atoms with Crippen LogP contribution in [-0.2, 0) is 0 Å². The number of unbranched alkanes of at least 4 members (excludes halogenated alkanes) is 2. The SMILES string of the molecule is CCCCCC1CCC(C2CCC(CC)C(F)C2F)CC1. The van der Waals surface area contributed by atoms with Crippen LogP contribution in [0.25, 0.3) is 0 Å². The Morgan fingerprint density at radius 2 is 1.52 bits per heavy atom. The van der Waals surface area contributed by atoms with Gasteiger partial charge in [0, 0.05) is 0 Å². The van der Waals surface area contributed by atoms with Crippen molar-refractivity contribution in [3.8, 4) is 0 Å². The molecule has 0 aromatic carbocycles. The predicted molar refractivity (Wildman–Crippen MR) is 85.9 cm³/mol. The zero-order chi connectivity index (χ0) is 15.2. The van der Waals surface area contributed by atoms with Gasteiger partial charge in [-0.05, 0) is 49.4 Å². The van der Waals surface area contributed by atoms with E-state index in [1.807, 2.05) is 6.92 Å². The quantitative estimate of drug-likeness (QED) is 0.492. The van der Waals surface area contributed by atoms with Gasteiger partial charge in [-0.3, -0.25) is 0 Å². The van der Waals surface area contributed by atoms with E-state index in [2.05, 4.69) is 6.92 Å². The summed E-state index contributed by atoms with van der Waals surface area (Å²) in [5.41, 5.74) is 0. The summed E-state index contributed by atoms with van der Waals surface area (Å²) in [4.78, 5) is 0. The van der Waals surface area contributed by atoms with Crippen molar-refractivity contribution in [2.75, 3.05) is 0 Å². The fourth-order valence-corrected chi connectivity index (χ4v) is 4.73. The average Bonchev–Trinajstić information content (AvgIpc) is 2.51. The summed E-state index contributed by atoms with van der Waals surface area (Å²) >= 11 is 0. The van der Waals surface area contributed by atoms with Crippen LogP contribution >= 0.6 is 0 Å². The Morgan fingerprint density at radius 1 is 0.810 bits per heavy atom. The molecule has 0 aliphatic heterocycles. The fourth-order valence-electron chi connectivity index (χ4n) is 4.73. The molecule has 21 heavy (non-hydrogen) atoms. The lowest BCUT2D eigenvalue weighted by molar-refractivity contribution is -0.0128. The van der Waals surface area contributed by atoms with Gasteiger partial charge in [-0.1, -0.05) is 58.8 Å². The lowest BCUT2D eigenvalue weighted by atomic mass is 9.67. The summed E-state index contributed by atoms with van der Waals surface area (Å²) in [5, 5.41) is 0. The van der Waals surface area contributed by atoms with Crippen molar-refractivity contribution >= 4 is 0 Å². The highest BCUT2D eigenvalue weighted by Gasteiger charge is 2.43. The van der Waals surface area contributed by atoms with Crippen molar-refractivity contribution < 1.29 is 8.78 Å². The Morgan fingerprint density at radius 3 is 2.14 bits per heavy atom. The molecule has 0 N–H and O–H groups in total. The van der Waals surface area contributed by atoms with Crippen LogP contribution in [0.2, 0.25) is 0 Å². The standard InChI is InChI=1S/C19H34F2/c1-3-5-6-7-14-8-10-16(11-9-14)17-13-12-15(4-2)18(20)19(17)21/h14-19H,3-13H2,1-2H3. The third-order valence-electron chi connectivity index (χ3n) is 6.27. The molecule has 0 saturated heterocycles. The van der Waals surface area contributed by atoms with E-state index in [1.54, 1.807) is 0 Å². The van der Waals surface area contributed by atoms with Crippen LogP contribution < -0.4 is 0 Å². The van der Waals surface area contributed by atoms with Gasteiger partial charge in [0.1, 0.15) is 12.3 Å². The first-order valence-electron chi connectivity index (χ1n) is 9.45. The monoisotopic (exact) mass is 300 g/mol. The lowest BCUT2D eigenvalue weighted by Gasteiger charge is -2.41. The van der Waals surface area contributed by atoms with Gasteiger partial charge in [-0.15, -0.1) is 0 Å². The Labute approximate surface area is 130 Å².